The summed E-state index contributed by atoms with van der Waals surface area (Å²) >= 11 is 0. The largest absolute Gasteiger partial charge is 0.485 e. The number of ketones is 2. The molecule has 0 atom stereocenters. The quantitative estimate of drug-likeness (QED) is 0.824. The lowest BCUT2D eigenvalue weighted by molar-refractivity contribution is -0.136. The second-order valence-electron chi connectivity index (χ2n) is 5.08. The van der Waals surface area contributed by atoms with Gasteiger partial charge in [-0.05, 0) is 12.1 Å². The molecule has 6 heteroatoms. The molecule has 1 amide bonds. The van der Waals surface area contributed by atoms with Crippen molar-refractivity contribution >= 4 is 17.5 Å². The lowest BCUT2D eigenvalue weighted by Gasteiger charge is -2.25. The summed E-state index contributed by atoms with van der Waals surface area (Å²) in [6, 6.07) is 4.91. The predicted octanol–water partition coefficient (Wildman–Crippen LogP) is 0.832. The number of hydrogen-bond donors (Lipinski definition) is 0. The van der Waals surface area contributed by atoms with Crippen molar-refractivity contribution in [3.63, 3.8) is 0 Å². The second-order valence-corrected chi connectivity index (χ2v) is 5.08. The van der Waals surface area contributed by atoms with Crippen molar-refractivity contribution in [3.05, 3.63) is 23.8 Å². The first-order chi connectivity index (χ1) is 10.1. The molecule has 0 N–H and O–H groups in total. The van der Waals surface area contributed by atoms with Crippen LogP contribution in [-0.4, -0.2) is 48.7 Å². The topological polar surface area (TPSA) is 72.9 Å². The fraction of sp³-hybridized carbons (Fsp3) is 0.400. The Morgan fingerprint density at radius 2 is 2.00 bits per heavy atom. The zero-order valence-corrected chi connectivity index (χ0v) is 11.5. The Hall–Kier alpha value is -2.37. The third-order valence-corrected chi connectivity index (χ3v) is 3.65. The number of Topliss-reactive ketones (excluding diaryl/α,β-unsaturated/α-hetero) is 2. The van der Waals surface area contributed by atoms with Gasteiger partial charge in [0, 0.05) is 32.0 Å². The van der Waals surface area contributed by atoms with Crippen LogP contribution in [0.1, 0.15) is 23.2 Å². The van der Waals surface area contributed by atoms with E-state index in [-0.39, 0.29) is 30.7 Å². The molecule has 0 spiro atoms. The van der Waals surface area contributed by atoms with E-state index in [4.69, 9.17) is 9.47 Å². The number of ether oxygens (including phenoxy) is 2. The molecule has 2 heterocycles. The van der Waals surface area contributed by atoms with E-state index in [1.165, 1.54) is 0 Å². The zero-order chi connectivity index (χ0) is 14.8. The number of carbonyl (C=O) groups excluding carboxylic acids is 3. The van der Waals surface area contributed by atoms with Crippen LogP contribution in [0.2, 0.25) is 0 Å². The molecular weight excluding hydrogens is 274 g/mol. The van der Waals surface area contributed by atoms with Crippen molar-refractivity contribution < 1.29 is 23.9 Å². The first-order valence-corrected chi connectivity index (χ1v) is 6.86. The summed E-state index contributed by atoms with van der Waals surface area (Å²) in [4.78, 5) is 36.2. The third-order valence-electron chi connectivity index (χ3n) is 3.65. The molecule has 2 aliphatic rings. The Morgan fingerprint density at radius 1 is 1.24 bits per heavy atom. The van der Waals surface area contributed by atoms with Gasteiger partial charge in [-0.1, -0.05) is 0 Å². The van der Waals surface area contributed by atoms with Gasteiger partial charge in [0.2, 0.25) is 5.78 Å². The molecule has 6 nitrogen and oxygen atoms in total. The minimum atomic E-state index is -0.139. The number of fused-ring (bicyclic) bond motifs is 1. The summed E-state index contributed by atoms with van der Waals surface area (Å²) in [7, 11) is 0. The molecule has 1 aromatic rings. The summed E-state index contributed by atoms with van der Waals surface area (Å²) in [6.45, 7) is 0.895. The number of amides is 1. The van der Waals surface area contributed by atoms with Crippen LogP contribution < -0.4 is 9.47 Å². The van der Waals surface area contributed by atoms with Crippen molar-refractivity contribution in [1.82, 2.24) is 4.90 Å². The highest BCUT2D eigenvalue weighted by Gasteiger charge is 2.23. The van der Waals surface area contributed by atoms with Crippen LogP contribution in [0, 0.1) is 0 Å². The number of rotatable bonds is 3. The highest BCUT2D eigenvalue weighted by atomic mass is 16.5. The Morgan fingerprint density at radius 3 is 2.76 bits per heavy atom. The molecule has 0 aromatic heterocycles. The minimum absolute atomic E-state index is 0.0504. The summed E-state index contributed by atoms with van der Waals surface area (Å²) in [5.41, 5.74) is 0.545. The van der Waals surface area contributed by atoms with Crippen LogP contribution in [0.15, 0.2) is 18.2 Å². The maximum atomic E-state index is 12.0. The Bertz CT molecular complexity index is 600. The first kappa shape index (κ1) is 13.6. The molecule has 0 saturated carbocycles. The second kappa shape index (κ2) is 5.55. The van der Waals surface area contributed by atoms with Crippen LogP contribution in [-0.2, 0) is 9.59 Å². The number of nitrogens with zero attached hydrogens (tertiary/aromatic N) is 1. The van der Waals surface area contributed by atoms with Gasteiger partial charge in [0.25, 0.3) is 5.91 Å². The molecule has 0 unspecified atom stereocenters. The first-order valence-electron chi connectivity index (χ1n) is 6.86. The smallest absolute Gasteiger partial charge is 0.260 e. The standard InChI is InChI=1S/C15H15NO5/c17-10-3-5-16(6-4-10)15(19)9-20-11-1-2-12-13(18)8-21-14(12)7-11/h1-2,7H,3-6,8-9H2. The maximum Gasteiger partial charge on any atom is 0.260 e. The van der Waals surface area contributed by atoms with Gasteiger partial charge in [-0.3, -0.25) is 14.4 Å². The molecular formula is C15H15NO5. The van der Waals surface area contributed by atoms with Crippen molar-refractivity contribution in [2.45, 2.75) is 12.8 Å². The summed E-state index contributed by atoms with van der Waals surface area (Å²) < 4.78 is 10.7. The molecule has 21 heavy (non-hydrogen) atoms. The average molecular weight is 289 g/mol. The number of likely N-dealkylation sites (tertiary alicyclic amines) is 1. The van der Waals surface area contributed by atoms with Gasteiger partial charge in [-0.2, -0.15) is 0 Å². The highest BCUT2D eigenvalue weighted by molar-refractivity contribution is 6.02. The monoisotopic (exact) mass is 289 g/mol. The van der Waals surface area contributed by atoms with Crippen LogP contribution in [0.5, 0.6) is 11.5 Å². The predicted molar refractivity (Wildman–Crippen MR) is 72.6 cm³/mol. The molecule has 1 saturated heterocycles. The average Bonchev–Trinajstić information content (AvgIpc) is 2.86. The number of benzene rings is 1. The highest BCUT2D eigenvalue weighted by Crippen LogP contribution is 2.29. The molecule has 1 aromatic carbocycles. The number of piperidine rings is 1. The zero-order valence-electron chi connectivity index (χ0n) is 11.5. The molecule has 0 aliphatic carbocycles. The minimum Gasteiger partial charge on any atom is -0.485 e. The van der Waals surface area contributed by atoms with E-state index in [9.17, 15) is 14.4 Å². The van der Waals surface area contributed by atoms with Crippen molar-refractivity contribution in [3.8, 4) is 11.5 Å². The van der Waals surface area contributed by atoms with Crippen LogP contribution in [0.4, 0.5) is 0 Å². The molecule has 0 radical (unpaired) electrons. The molecule has 0 bridgehead atoms. The number of hydrogen-bond acceptors (Lipinski definition) is 5. The fourth-order valence-electron chi connectivity index (χ4n) is 2.41. The summed E-state index contributed by atoms with van der Waals surface area (Å²) in [6.07, 6.45) is 0.834. The van der Waals surface area contributed by atoms with Gasteiger partial charge in [0.05, 0.1) is 5.56 Å². The third kappa shape index (κ3) is 2.89. The van der Waals surface area contributed by atoms with Crippen LogP contribution in [0.3, 0.4) is 0 Å². The molecule has 1 fully saturated rings. The Balaban J connectivity index is 1.57. The number of carbonyl (C=O) groups is 3. The van der Waals surface area contributed by atoms with Gasteiger partial charge >= 0.3 is 0 Å². The summed E-state index contributed by atoms with van der Waals surface area (Å²) in [5, 5.41) is 0. The van der Waals surface area contributed by atoms with Crippen LogP contribution >= 0.6 is 0 Å². The van der Waals surface area contributed by atoms with Crippen molar-refractivity contribution in [2.75, 3.05) is 26.3 Å². The molecule has 2 aliphatic heterocycles. The molecule has 3 rings (SSSR count). The normalized spacial score (nSPS) is 17.4. The summed E-state index contributed by atoms with van der Waals surface area (Å²) in [5.74, 6) is 0.990. The van der Waals surface area contributed by atoms with E-state index in [0.29, 0.717) is 43.0 Å². The van der Waals surface area contributed by atoms with E-state index in [2.05, 4.69) is 0 Å². The van der Waals surface area contributed by atoms with Crippen molar-refractivity contribution in [1.29, 1.82) is 0 Å². The van der Waals surface area contributed by atoms with Gasteiger partial charge in [-0.15, -0.1) is 0 Å². The van der Waals surface area contributed by atoms with Gasteiger partial charge in [-0.25, -0.2) is 0 Å². The van der Waals surface area contributed by atoms with Gasteiger partial charge in [0.1, 0.15) is 17.3 Å². The van der Waals surface area contributed by atoms with Gasteiger partial charge < -0.3 is 14.4 Å². The van der Waals surface area contributed by atoms with Gasteiger partial charge in [0.15, 0.2) is 13.2 Å². The fourth-order valence-corrected chi connectivity index (χ4v) is 2.41. The van der Waals surface area contributed by atoms with Crippen molar-refractivity contribution in [2.24, 2.45) is 0 Å². The Labute approximate surface area is 121 Å². The van der Waals surface area contributed by atoms with E-state index in [1.807, 2.05) is 0 Å². The van der Waals surface area contributed by atoms with E-state index in [0.717, 1.165) is 0 Å². The van der Waals surface area contributed by atoms with E-state index >= 15 is 0 Å². The lowest BCUT2D eigenvalue weighted by Crippen LogP contribution is -2.41. The Kier molecular flexibility index (Phi) is 3.60. The van der Waals surface area contributed by atoms with E-state index < -0.39 is 0 Å². The SMILES string of the molecule is O=C1CCN(C(=O)COc2ccc3c(c2)OCC3=O)CC1. The van der Waals surface area contributed by atoms with E-state index in [1.54, 1.807) is 23.1 Å². The van der Waals surface area contributed by atoms with Crippen LogP contribution in [0.25, 0.3) is 0 Å². The maximum absolute atomic E-state index is 12.0. The lowest BCUT2D eigenvalue weighted by atomic mass is 10.1. The molecule has 110 valence electrons.